The van der Waals surface area contributed by atoms with Crippen molar-refractivity contribution < 1.29 is 23.5 Å². The van der Waals surface area contributed by atoms with Gasteiger partial charge >= 0.3 is 12.2 Å². The number of nitrogens with one attached hydrogen (secondary N) is 2. The van der Waals surface area contributed by atoms with Gasteiger partial charge in [-0.2, -0.15) is 0 Å². The Morgan fingerprint density at radius 3 is 2.16 bits per heavy atom. The quantitative estimate of drug-likeness (QED) is 0.407. The summed E-state index contributed by atoms with van der Waals surface area (Å²) in [4.78, 5) is 25.9. The second-order valence-corrected chi connectivity index (χ2v) is 6.44. The summed E-state index contributed by atoms with van der Waals surface area (Å²) >= 11 is 0. The number of nitrogens with zero attached hydrogens (tertiary/aromatic N) is 1. The van der Waals surface area contributed by atoms with Gasteiger partial charge < -0.3 is 14.4 Å². The van der Waals surface area contributed by atoms with Gasteiger partial charge in [0, 0.05) is 12.2 Å². The molecule has 0 aliphatic rings. The van der Waals surface area contributed by atoms with Gasteiger partial charge in [-0.15, -0.1) is 6.42 Å². The predicted octanol–water partition coefficient (Wildman–Crippen LogP) is 4.93. The fraction of sp³-hybridized carbons (Fsp3) is 0.167. The van der Waals surface area contributed by atoms with Crippen molar-refractivity contribution in [1.82, 2.24) is 0 Å². The Labute approximate surface area is 186 Å². The van der Waals surface area contributed by atoms with Crippen molar-refractivity contribution in [2.24, 2.45) is 0 Å². The van der Waals surface area contributed by atoms with Crippen molar-refractivity contribution in [3.8, 4) is 12.3 Å². The molecule has 0 saturated carbocycles. The fourth-order valence-corrected chi connectivity index (χ4v) is 2.66. The van der Waals surface area contributed by atoms with Crippen molar-refractivity contribution in [1.29, 1.82) is 0 Å². The molecule has 166 valence electrons. The Hall–Kier alpha value is -4.25. The fourth-order valence-electron chi connectivity index (χ4n) is 2.66. The molecular formula is C24H24FN3O4. The molecule has 0 bridgehead atoms. The van der Waals surface area contributed by atoms with Gasteiger partial charge in [0.15, 0.2) is 0 Å². The van der Waals surface area contributed by atoms with E-state index in [1.54, 1.807) is 30.3 Å². The van der Waals surface area contributed by atoms with Crippen LogP contribution in [0.5, 0.6) is 0 Å². The number of terminal acetylenes is 1. The predicted molar refractivity (Wildman–Crippen MR) is 123 cm³/mol. The van der Waals surface area contributed by atoms with E-state index in [-0.39, 0.29) is 31.3 Å². The number of benzene rings is 2. The number of hydrogen-bond donors (Lipinski definition) is 2. The highest BCUT2D eigenvalue weighted by molar-refractivity contribution is 5.96. The van der Waals surface area contributed by atoms with Crippen molar-refractivity contribution in [3.05, 3.63) is 79.2 Å². The highest BCUT2D eigenvalue weighted by Crippen LogP contribution is 2.29. The molecule has 0 fully saturated rings. The zero-order valence-corrected chi connectivity index (χ0v) is 17.5. The summed E-state index contributed by atoms with van der Waals surface area (Å²) in [6.45, 7) is 7.68. The molecule has 0 saturated heterocycles. The molecule has 2 aromatic carbocycles. The summed E-state index contributed by atoms with van der Waals surface area (Å²) in [6, 6.07) is 11.0. The standard InChI is InChI=1S/C24H24FN3O4/c1-4-13-28(17-18-7-9-19(25)10-8-18)20-11-12-21(26-23(29)31-14-5-2)22(16-20)27-24(30)32-15-6-3/h1,5-12,16H,2-3,13-15,17H2,(H,26,29)(H,27,30). The minimum Gasteiger partial charge on any atom is -0.445 e. The van der Waals surface area contributed by atoms with Crippen LogP contribution in [0.25, 0.3) is 0 Å². The third-order valence-electron chi connectivity index (χ3n) is 4.08. The molecule has 0 aliphatic heterocycles. The first-order valence-electron chi connectivity index (χ1n) is 9.63. The maximum atomic E-state index is 13.2. The molecule has 32 heavy (non-hydrogen) atoms. The Morgan fingerprint density at radius 2 is 1.59 bits per heavy atom. The summed E-state index contributed by atoms with van der Waals surface area (Å²) < 4.78 is 23.1. The molecule has 7 nitrogen and oxygen atoms in total. The van der Waals surface area contributed by atoms with Gasteiger partial charge in [0.25, 0.3) is 0 Å². The van der Waals surface area contributed by atoms with E-state index in [1.165, 1.54) is 24.3 Å². The number of hydrogen-bond acceptors (Lipinski definition) is 5. The SMILES string of the molecule is C#CCN(Cc1ccc(F)cc1)c1ccc(NC(=O)OCC=C)c(NC(=O)OCC=C)c1. The number of amides is 2. The maximum Gasteiger partial charge on any atom is 0.412 e. The monoisotopic (exact) mass is 437 g/mol. The lowest BCUT2D eigenvalue weighted by atomic mass is 10.1. The van der Waals surface area contributed by atoms with Crippen LogP contribution in [0, 0.1) is 18.2 Å². The van der Waals surface area contributed by atoms with Crippen molar-refractivity contribution in [2.75, 3.05) is 35.3 Å². The van der Waals surface area contributed by atoms with Crippen LogP contribution in [-0.2, 0) is 16.0 Å². The number of rotatable bonds is 10. The summed E-state index contributed by atoms with van der Waals surface area (Å²) in [5, 5.41) is 5.15. The largest absolute Gasteiger partial charge is 0.445 e. The minimum absolute atomic E-state index is 0.0173. The van der Waals surface area contributed by atoms with Gasteiger partial charge in [-0.25, -0.2) is 14.0 Å². The van der Waals surface area contributed by atoms with E-state index < -0.39 is 12.2 Å². The average Bonchev–Trinajstić information content (AvgIpc) is 2.78. The third-order valence-corrected chi connectivity index (χ3v) is 4.08. The summed E-state index contributed by atoms with van der Waals surface area (Å²) in [7, 11) is 0. The highest BCUT2D eigenvalue weighted by atomic mass is 19.1. The van der Waals surface area contributed by atoms with E-state index >= 15 is 0 Å². The van der Waals surface area contributed by atoms with Crippen LogP contribution in [0.15, 0.2) is 67.8 Å². The third kappa shape index (κ3) is 7.54. The molecule has 2 N–H and O–H groups in total. The van der Waals surface area contributed by atoms with Crippen LogP contribution in [-0.4, -0.2) is 31.9 Å². The molecule has 8 heteroatoms. The van der Waals surface area contributed by atoms with Gasteiger partial charge in [-0.05, 0) is 35.9 Å². The zero-order valence-electron chi connectivity index (χ0n) is 17.5. The topological polar surface area (TPSA) is 79.9 Å². The first-order chi connectivity index (χ1) is 15.5. The normalized spacial score (nSPS) is 9.75. The molecule has 0 heterocycles. The van der Waals surface area contributed by atoms with Crippen LogP contribution in [0.1, 0.15) is 5.56 Å². The Kier molecular flexibility index (Phi) is 9.34. The Balaban J connectivity index is 2.32. The van der Waals surface area contributed by atoms with Gasteiger partial charge in [-0.3, -0.25) is 10.6 Å². The molecule has 0 unspecified atom stereocenters. The van der Waals surface area contributed by atoms with Crippen molar-refractivity contribution >= 4 is 29.2 Å². The molecule has 0 spiro atoms. The van der Waals surface area contributed by atoms with Crippen LogP contribution >= 0.6 is 0 Å². The van der Waals surface area contributed by atoms with Crippen LogP contribution < -0.4 is 15.5 Å². The first-order valence-corrected chi connectivity index (χ1v) is 9.63. The number of ether oxygens (including phenoxy) is 2. The van der Waals surface area contributed by atoms with E-state index in [4.69, 9.17) is 15.9 Å². The summed E-state index contributed by atoms with van der Waals surface area (Å²) in [5.41, 5.74) is 2.07. The van der Waals surface area contributed by atoms with E-state index in [0.29, 0.717) is 17.9 Å². The second kappa shape index (κ2) is 12.4. The molecule has 2 aromatic rings. The first kappa shape index (κ1) is 24.0. The molecule has 0 aliphatic carbocycles. The molecule has 2 rings (SSSR count). The lowest BCUT2D eigenvalue weighted by Gasteiger charge is -2.24. The van der Waals surface area contributed by atoms with Gasteiger partial charge in [-0.1, -0.05) is 43.4 Å². The number of carbonyl (C=O) groups is 2. The van der Waals surface area contributed by atoms with Crippen LogP contribution in [0.3, 0.4) is 0 Å². The van der Waals surface area contributed by atoms with E-state index in [0.717, 1.165) is 5.56 Å². The van der Waals surface area contributed by atoms with Gasteiger partial charge in [0.05, 0.1) is 17.9 Å². The zero-order chi connectivity index (χ0) is 23.3. The average molecular weight is 437 g/mol. The lowest BCUT2D eigenvalue weighted by molar-refractivity contribution is 0.172. The second-order valence-electron chi connectivity index (χ2n) is 6.44. The van der Waals surface area contributed by atoms with Crippen molar-refractivity contribution in [3.63, 3.8) is 0 Å². The minimum atomic E-state index is -0.730. The Morgan fingerprint density at radius 1 is 1.00 bits per heavy atom. The number of anilines is 3. The maximum absolute atomic E-state index is 13.2. The molecule has 0 atom stereocenters. The van der Waals surface area contributed by atoms with Gasteiger partial charge in [0.2, 0.25) is 0 Å². The van der Waals surface area contributed by atoms with E-state index in [2.05, 4.69) is 29.7 Å². The highest BCUT2D eigenvalue weighted by Gasteiger charge is 2.15. The smallest absolute Gasteiger partial charge is 0.412 e. The number of halogens is 1. The van der Waals surface area contributed by atoms with Gasteiger partial charge in [0.1, 0.15) is 19.0 Å². The molecular weight excluding hydrogens is 413 g/mol. The van der Waals surface area contributed by atoms with Crippen LogP contribution in [0.4, 0.5) is 31.0 Å². The molecule has 0 radical (unpaired) electrons. The van der Waals surface area contributed by atoms with Crippen molar-refractivity contribution in [2.45, 2.75) is 6.54 Å². The summed E-state index contributed by atoms with van der Waals surface area (Å²) in [5.74, 6) is 2.25. The lowest BCUT2D eigenvalue weighted by Crippen LogP contribution is -2.24. The van der Waals surface area contributed by atoms with E-state index in [1.807, 2.05) is 4.90 Å². The summed E-state index contributed by atoms with van der Waals surface area (Å²) in [6.07, 6.45) is 6.94. The van der Waals surface area contributed by atoms with E-state index in [9.17, 15) is 14.0 Å². The molecule has 0 aromatic heterocycles. The van der Waals surface area contributed by atoms with Crippen LogP contribution in [0.2, 0.25) is 0 Å². The Bertz CT molecular complexity index is 999. The molecule has 2 amide bonds. The number of carbonyl (C=O) groups excluding carboxylic acids is 2.